The van der Waals surface area contributed by atoms with Gasteiger partial charge < -0.3 is 4.52 Å². The highest BCUT2D eigenvalue weighted by Crippen LogP contribution is 2.29. The van der Waals surface area contributed by atoms with Gasteiger partial charge in [0.05, 0.1) is 0 Å². The number of hydrogen-bond donors (Lipinski definition) is 0. The molecule has 3 aromatic rings. The van der Waals surface area contributed by atoms with E-state index < -0.39 is 0 Å². The van der Waals surface area contributed by atoms with Crippen molar-refractivity contribution < 1.29 is 4.52 Å². The Bertz CT molecular complexity index is 828. The maximum Gasteiger partial charge on any atom is 0.230 e. The van der Waals surface area contributed by atoms with Gasteiger partial charge in [-0.05, 0) is 55.8 Å². The number of benzene rings is 1. The summed E-state index contributed by atoms with van der Waals surface area (Å²) in [6, 6.07) is 14.2. The summed E-state index contributed by atoms with van der Waals surface area (Å²) in [4.78, 5) is 11.3. The van der Waals surface area contributed by atoms with Crippen LogP contribution >= 0.6 is 15.9 Å². The van der Waals surface area contributed by atoms with Crippen LogP contribution in [0.3, 0.4) is 0 Å². The van der Waals surface area contributed by atoms with E-state index in [-0.39, 0.29) is 0 Å². The highest BCUT2D eigenvalue weighted by Gasteiger charge is 2.25. The molecule has 0 bridgehead atoms. The summed E-state index contributed by atoms with van der Waals surface area (Å²) in [7, 11) is 0. The quantitative estimate of drug-likeness (QED) is 0.656. The predicted molar refractivity (Wildman–Crippen MR) is 98.9 cm³/mol. The summed E-state index contributed by atoms with van der Waals surface area (Å²) < 4.78 is 6.63. The summed E-state index contributed by atoms with van der Waals surface area (Å²) in [5.74, 6) is 1.65. The van der Waals surface area contributed by atoms with Crippen LogP contribution in [0.1, 0.15) is 30.2 Å². The predicted octanol–water partition coefficient (Wildman–Crippen LogP) is 4.27. The van der Waals surface area contributed by atoms with Gasteiger partial charge in [0.15, 0.2) is 0 Å². The number of aromatic nitrogens is 3. The summed E-state index contributed by atoms with van der Waals surface area (Å²) in [5, 5.41) is 4.09. The largest absolute Gasteiger partial charge is 0.339 e. The number of piperidine rings is 1. The lowest BCUT2D eigenvalue weighted by Gasteiger charge is -2.30. The van der Waals surface area contributed by atoms with Crippen LogP contribution in [0, 0.1) is 0 Å². The number of likely N-dealkylation sites (tertiary alicyclic amines) is 1. The Kier molecular flexibility index (Phi) is 4.90. The summed E-state index contributed by atoms with van der Waals surface area (Å²) in [6.07, 6.45) is 3.82. The van der Waals surface area contributed by atoms with E-state index in [1.807, 2.05) is 18.2 Å². The van der Waals surface area contributed by atoms with Gasteiger partial charge in [-0.3, -0.25) is 9.88 Å². The molecule has 1 saturated heterocycles. The molecule has 0 radical (unpaired) electrons. The minimum atomic E-state index is 0.337. The molecular formula is C19H19BrN4O. The van der Waals surface area contributed by atoms with Crippen molar-refractivity contribution in [2.24, 2.45) is 0 Å². The normalized spacial score (nSPS) is 16.2. The molecule has 2 aromatic heterocycles. The molecule has 1 aliphatic rings. The van der Waals surface area contributed by atoms with E-state index in [0.717, 1.165) is 48.5 Å². The third-order valence-corrected chi connectivity index (χ3v) is 5.06. The average molecular weight is 399 g/mol. The van der Waals surface area contributed by atoms with Crippen LogP contribution in [-0.2, 0) is 6.54 Å². The van der Waals surface area contributed by atoms with Crippen molar-refractivity contribution in [1.82, 2.24) is 20.0 Å². The van der Waals surface area contributed by atoms with Crippen molar-refractivity contribution in [3.8, 4) is 11.5 Å². The van der Waals surface area contributed by atoms with Crippen LogP contribution in [0.2, 0.25) is 0 Å². The van der Waals surface area contributed by atoms with E-state index in [9.17, 15) is 0 Å². The number of hydrogen-bond acceptors (Lipinski definition) is 5. The van der Waals surface area contributed by atoms with E-state index in [1.54, 1.807) is 6.20 Å². The molecule has 1 aromatic carbocycles. The molecule has 0 spiro atoms. The Morgan fingerprint density at radius 1 is 1.12 bits per heavy atom. The molecule has 25 heavy (non-hydrogen) atoms. The Morgan fingerprint density at radius 3 is 2.76 bits per heavy atom. The van der Waals surface area contributed by atoms with E-state index >= 15 is 0 Å². The van der Waals surface area contributed by atoms with Gasteiger partial charge in [-0.15, -0.1) is 0 Å². The molecule has 1 fully saturated rings. The number of rotatable bonds is 4. The fourth-order valence-electron chi connectivity index (χ4n) is 3.23. The van der Waals surface area contributed by atoms with Crippen molar-refractivity contribution in [3.63, 3.8) is 0 Å². The zero-order valence-corrected chi connectivity index (χ0v) is 15.4. The van der Waals surface area contributed by atoms with Crippen LogP contribution in [0.25, 0.3) is 11.5 Å². The molecule has 6 heteroatoms. The van der Waals surface area contributed by atoms with E-state index in [4.69, 9.17) is 4.52 Å². The molecule has 5 nitrogen and oxygen atoms in total. The molecule has 128 valence electrons. The standard InChI is InChI=1S/C19H19BrN4O/c20-16-5-3-4-14(12-16)13-24-10-7-15(8-11-24)19-22-18(23-25-19)17-6-1-2-9-21-17/h1-6,9,12,15H,7-8,10-11,13H2. The minimum Gasteiger partial charge on any atom is -0.339 e. The highest BCUT2D eigenvalue weighted by molar-refractivity contribution is 9.10. The van der Waals surface area contributed by atoms with E-state index in [1.165, 1.54) is 5.56 Å². The van der Waals surface area contributed by atoms with Gasteiger partial charge in [-0.25, -0.2) is 0 Å². The summed E-state index contributed by atoms with van der Waals surface area (Å²) in [6.45, 7) is 3.06. The van der Waals surface area contributed by atoms with Crippen molar-refractivity contribution in [3.05, 3.63) is 64.6 Å². The van der Waals surface area contributed by atoms with Gasteiger partial charge in [0, 0.05) is 23.1 Å². The number of halogens is 1. The van der Waals surface area contributed by atoms with E-state index in [2.05, 4.69) is 60.2 Å². The third-order valence-electron chi connectivity index (χ3n) is 4.57. The zero-order valence-electron chi connectivity index (χ0n) is 13.8. The average Bonchev–Trinajstić information content (AvgIpc) is 3.13. The van der Waals surface area contributed by atoms with Crippen molar-refractivity contribution in [2.45, 2.75) is 25.3 Å². The Morgan fingerprint density at radius 2 is 2.00 bits per heavy atom. The van der Waals surface area contributed by atoms with Crippen LogP contribution in [0.5, 0.6) is 0 Å². The second kappa shape index (κ2) is 7.45. The molecule has 0 saturated carbocycles. The molecular weight excluding hydrogens is 380 g/mol. The first-order valence-corrected chi connectivity index (χ1v) is 9.29. The number of pyridine rings is 1. The monoisotopic (exact) mass is 398 g/mol. The first kappa shape index (κ1) is 16.4. The molecule has 0 atom stereocenters. The van der Waals surface area contributed by atoms with Crippen molar-refractivity contribution >= 4 is 15.9 Å². The van der Waals surface area contributed by atoms with Gasteiger partial charge in [0.2, 0.25) is 11.7 Å². The molecule has 3 heterocycles. The Labute approximate surface area is 155 Å². The number of nitrogens with zero attached hydrogens (tertiary/aromatic N) is 4. The van der Waals surface area contributed by atoms with Gasteiger partial charge in [-0.1, -0.05) is 39.3 Å². The van der Waals surface area contributed by atoms with Crippen molar-refractivity contribution in [2.75, 3.05) is 13.1 Å². The fraction of sp³-hybridized carbons (Fsp3) is 0.316. The van der Waals surface area contributed by atoms with E-state index in [0.29, 0.717) is 11.7 Å². The Balaban J connectivity index is 1.37. The van der Waals surface area contributed by atoms with Gasteiger partial charge >= 0.3 is 0 Å². The fourth-order valence-corrected chi connectivity index (χ4v) is 3.68. The van der Waals surface area contributed by atoms with Gasteiger partial charge in [0.1, 0.15) is 5.69 Å². The smallest absolute Gasteiger partial charge is 0.230 e. The highest BCUT2D eigenvalue weighted by atomic mass is 79.9. The SMILES string of the molecule is Brc1cccc(CN2CCC(c3nc(-c4ccccn4)no3)CC2)c1. The third kappa shape index (κ3) is 3.96. The molecule has 1 aliphatic heterocycles. The maximum atomic E-state index is 5.50. The Hall–Kier alpha value is -2.05. The van der Waals surface area contributed by atoms with Crippen LogP contribution in [0.15, 0.2) is 57.7 Å². The lowest BCUT2D eigenvalue weighted by atomic mass is 9.96. The van der Waals surface area contributed by atoms with Gasteiger partial charge in [-0.2, -0.15) is 4.98 Å². The lowest BCUT2D eigenvalue weighted by Crippen LogP contribution is -2.32. The van der Waals surface area contributed by atoms with Crippen LogP contribution in [-0.4, -0.2) is 33.1 Å². The minimum absolute atomic E-state index is 0.337. The topological polar surface area (TPSA) is 55.1 Å². The summed E-state index contributed by atoms with van der Waals surface area (Å²) >= 11 is 3.54. The van der Waals surface area contributed by atoms with Crippen LogP contribution < -0.4 is 0 Å². The first-order chi connectivity index (χ1) is 12.3. The second-order valence-corrected chi connectivity index (χ2v) is 7.27. The summed E-state index contributed by atoms with van der Waals surface area (Å²) in [5.41, 5.74) is 2.09. The maximum absolute atomic E-state index is 5.50. The lowest BCUT2D eigenvalue weighted by molar-refractivity contribution is 0.187. The van der Waals surface area contributed by atoms with Gasteiger partial charge in [0.25, 0.3) is 0 Å². The molecule has 0 unspecified atom stereocenters. The molecule has 0 N–H and O–H groups in total. The zero-order chi connectivity index (χ0) is 17.1. The second-order valence-electron chi connectivity index (χ2n) is 6.35. The molecule has 4 rings (SSSR count). The molecule has 0 aliphatic carbocycles. The van der Waals surface area contributed by atoms with Crippen molar-refractivity contribution in [1.29, 1.82) is 0 Å². The molecule has 0 amide bonds. The van der Waals surface area contributed by atoms with Crippen LogP contribution in [0.4, 0.5) is 0 Å². The first-order valence-electron chi connectivity index (χ1n) is 8.50.